The smallest absolute Gasteiger partial charge is 0.245 e. The lowest BCUT2D eigenvalue weighted by Crippen LogP contribution is -2.39. The molecule has 130 valence electrons. The zero-order chi connectivity index (χ0) is 17.7. The van der Waals surface area contributed by atoms with Crippen molar-refractivity contribution in [3.05, 3.63) is 29.6 Å². The first-order valence-corrected chi connectivity index (χ1v) is 9.65. The standard InChI is InChI=1S/C14H18N4O4S2/c1-22-7-11(15)13(19)17-14-16-12(8-23-14)9-3-5-10(6-4-9)18-24(2,20)21/h3-6,8,11,18H,7,15H2,1-2H3,(H,16,17,19). The lowest BCUT2D eigenvalue weighted by molar-refractivity contribution is -0.118. The van der Waals surface area contributed by atoms with E-state index in [-0.39, 0.29) is 12.5 Å². The van der Waals surface area contributed by atoms with Gasteiger partial charge >= 0.3 is 0 Å². The molecule has 4 N–H and O–H groups in total. The number of amides is 1. The molecule has 24 heavy (non-hydrogen) atoms. The van der Waals surface area contributed by atoms with Crippen molar-refractivity contribution in [2.24, 2.45) is 5.73 Å². The predicted octanol–water partition coefficient (Wildman–Crippen LogP) is 1.09. The minimum atomic E-state index is -3.31. The van der Waals surface area contributed by atoms with E-state index in [4.69, 9.17) is 10.5 Å². The molecule has 0 fully saturated rings. The number of nitrogens with one attached hydrogen (secondary N) is 2. The Labute approximate surface area is 144 Å². The van der Waals surface area contributed by atoms with Crippen LogP contribution < -0.4 is 15.8 Å². The lowest BCUT2D eigenvalue weighted by Gasteiger charge is -2.08. The Morgan fingerprint density at radius 1 is 1.38 bits per heavy atom. The molecule has 0 aliphatic heterocycles. The molecule has 0 radical (unpaired) electrons. The van der Waals surface area contributed by atoms with E-state index in [0.29, 0.717) is 16.5 Å². The fraction of sp³-hybridized carbons (Fsp3) is 0.286. The average Bonchev–Trinajstić information content (AvgIpc) is 2.95. The second-order valence-corrected chi connectivity index (χ2v) is 7.65. The molecule has 1 aromatic carbocycles. The van der Waals surface area contributed by atoms with Gasteiger partial charge in [0.05, 0.1) is 18.6 Å². The molecular formula is C14H18N4O4S2. The number of benzene rings is 1. The van der Waals surface area contributed by atoms with Crippen LogP contribution in [0.2, 0.25) is 0 Å². The van der Waals surface area contributed by atoms with Crippen LogP contribution in [0, 0.1) is 0 Å². The molecule has 1 atom stereocenters. The molecule has 0 saturated carbocycles. The molecule has 1 unspecified atom stereocenters. The number of carbonyl (C=O) groups is 1. The van der Waals surface area contributed by atoms with Crippen molar-refractivity contribution in [1.29, 1.82) is 0 Å². The predicted molar refractivity (Wildman–Crippen MR) is 94.5 cm³/mol. The van der Waals surface area contributed by atoms with Gasteiger partial charge in [-0.25, -0.2) is 13.4 Å². The Morgan fingerprint density at radius 2 is 2.04 bits per heavy atom. The van der Waals surface area contributed by atoms with Crippen LogP contribution in [0.25, 0.3) is 11.3 Å². The number of methoxy groups -OCH3 is 1. The van der Waals surface area contributed by atoms with Gasteiger partial charge in [-0.05, 0) is 12.1 Å². The zero-order valence-electron chi connectivity index (χ0n) is 13.1. The third kappa shape index (κ3) is 5.27. The minimum Gasteiger partial charge on any atom is -0.383 e. The molecule has 2 aromatic rings. The highest BCUT2D eigenvalue weighted by molar-refractivity contribution is 7.92. The number of sulfonamides is 1. The largest absolute Gasteiger partial charge is 0.383 e. The van der Waals surface area contributed by atoms with Crippen molar-refractivity contribution in [1.82, 2.24) is 4.98 Å². The third-order valence-electron chi connectivity index (χ3n) is 2.90. The fourth-order valence-corrected chi connectivity index (χ4v) is 3.13. The number of nitrogens with two attached hydrogens (primary N) is 1. The van der Waals surface area contributed by atoms with Crippen LogP contribution in [0.4, 0.5) is 10.8 Å². The van der Waals surface area contributed by atoms with Crippen molar-refractivity contribution >= 4 is 38.1 Å². The summed E-state index contributed by atoms with van der Waals surface area (Å²) in [6.45, 7) is 0.124. The Hall–Kier alpha value is -2.01. The topological polar surface area (TPSA) is 123 Å². The number of ether oxygens (including phenoxy) is 1. The quantitative estimate of drug-likeness (QED) is 0.670. The molecule has 2 rings (SSSR count). The number of thiazole rings is 1. The maximum atomic E-state index is 11.8. The summed E-state index contributed by atoms with van der Waals surface area (Å²) in [6, 6.07) is 6.00. The van der Waals surface area contributed by atoms with Gasteiger partial charge in [0, 0.05) is 23.7 Å². The Bertz CT molecular complexity index is 802. The van der Waals surface area contributed by atoms with Crippen LogP contribution in [0.15, 0.2) is 29.6 Å². The molecule has 1 heterocycles. The SMILES string of the molecule is COCC(N)C(=O)Nc1nc(-c2ccc(NS(C)(=O)=O)cc2)cs1. The summed E-state index contributed by atoms with van der Waals surface area (Å²) in [4.78, 5) is 16.1. The van der Waals surface area contributed by atoms with Crippen molar-refractivity contribution in [2.75, 3.05) is 30.0 Å². The fourth-order valence-electron chi connectivity index (χ4n) is 1.84. The maximum absolute atomic E-state index is 11.8. The molecule has 1 aromatic heterocycles. The number of anilines is 2. The summed E-state index contributed by atoms with van der Waals surface area (Å²) in [5, 5.41) is 4.85. The second-order valence-electron chi connectivity index (χ2n) is 5.04. The highest BCUT2D eigenvalue weighted by atomic mass is 32.2. The third-order valence-corrected chi connectivity index (χ3v) is 4.27. The van der Waals surface area contributed by atoms with Crippen LogP contribution in [0.5, 0.6) is 0 Å². The van der Waals surface area contributed by atoms with Crippen LogP contribution in [0.1, 0.15) is 0 Å². The molecular weight excluding hydrogens is 352 g/mol. The first-order valence-electron chi connectivity index (χ1n) is 6.87. The van der Waals surface area contributed by atoms with Gasteiger partial charge in [-0.1, -0.05) is 12.1 Å². The van der Waals surface area contributed by atoms with E-state index in [2.05, 4.69) is 15.0 Å². The molecule has 0 bridgehead atoms. The summed E-state index contributed by atoms with van der Waals surface area (Å²) in [5.74, 6) is -0.370. The summed E-state index contributed by atoms with van der Waals surface area (Å²) < 4.78 is 29.6. The van der Waals surface area contributed by atoms with Crippen molar-refractivity contribution < 1.29 is 17.9 Å². The number of nitrogens with zero attached hydrogens (tertiary/aromatic N) is 1. The molecule has 10 heteroatoms. The van der Waals surface area contributed by atoms with Gasteiger partial charge in [-0.15, -0.1) is 11.3 Å². The molecule has 8 nitrogen and oxygen atoms in total. The van der Waals surface area contributed by atoms with Gasteiger partial charge in [-0.3, -0.25) is 9.52 Å². The van der Waals surface area contributed by atoms with Crippen molar-refractivity contribution in [3.63, 3.8) is 0 Å². The Morgan fingerprint density at radius 3 is 2.62 bits per heavy atom. The highest BCUT2D eigenvalue weighted by Gasteiger charge is 2.15. The molecule has 1 amide bonds. The van der Waals surface area contributed by atoms with E-state index in [1.807, 2.05) is 0 Å². The van der Waals surface area contributed by atoms with Gasteiger partial charge in [0.15, 0.2) is 5.13 Å². The van der Waals surface area contributed by atoms with Crippen molar-refractivity contribution in [3.8, 4) is 11.3 Å². The van der Waals surface area contributed by atoms with E-state index >= 15 is 0 Å². The van der Waals surface area contributed by atoms with Gasteiger partial charge in [0.2, 0.25) is 15.9 Å². The number of rotatable bonds is 7. The van der Waals surface area contributed by atoms with E-state index in [1.165, 1.54) is 18.4 Å². The number of hydrogen-bond donors (Lipinski definition) is 3. The van der Waals surface area contributed by atoms with Gasteiger partial charge in [-0.2, -0.15) is 0 Å². The summed E-state index contributed by atoms with van der Waals surface area (Å²) in [7, 11) is -1.84. The molecule has 0 saturated heterocycles. The zero-order valence-corrected chi connectivity index (χ0v) is 14.8. The van der Waals surface area contributed by atoms with E-state index in [1.54, 1.807) is 29.6 Å². The molecule has 0 aliphatic rings. The van der Waals surface area contributed by atoms with Gasteiger partial charge in [0.25, 0.3) is 0 Å². The summed E-state index contributed by atoms with van der Waals surface area (Å²) in [5.41, 5.74) is 7.58. The molecule has 0 spiro atoms. The van der Waals surface area contributed by atoms with Gasteiger partial charge < -0.3 is 15.8 Å². The maximum Gasteiger partial charge on any atom is 0.245 e. The minimum absolute atomic E-state index is 0.124. The average molecular weight is 370 g/mol. The van der Waals surface area contributed by atoms with E-state index < -0.39 is 16.1 Å². The van der Waals surface area contributed by atoms with Gasteiger partial charge in [0.1, 0.15) is 6.04 Å². The van der Waals surface area contributed by atoms with Crippen LogP contribution in [0.3, 0.4) is 0 Å². The van der Waals surface area contributed by atoms with Crippen LogP contribution in [-0.2, 0) is 19.6 Å². The molecule has 0 aliphatic carbocycles. The lowest BCUT2D eigenvalue weighted by atomic mass is 10.1. The van der Waals surface area contributed by atoms with Crippen LogP contribution >= 0.6 is 11.3 Å². The van der Waals surface area contributed by atoms with Crippen LogP contribution in [-0.4, -0.2) is 45.3 Å². The highest BCUT2D eigenvalue weighted by Crippen LogP contribution is 2.26. The summed E-state index contributed by atoms with van der Waals surface area (Å²) in [6.07, 6.45) is 1.09. The number of carbonyl (C=O) groups excluding carboxylic acids is 1. The number of hydrogen-bond acceptors (Lipinski definition) is 7. The Kier molecular flexibility index (Phi) is 5.89. The Balaban J connectivity index is 2.06. The first-order chi connectivity index (χ1) is 11.3. The van der Waals surface area contributed by atoms with Crippen molar-refractivity contribution in [2.45, 2.75) is 6.04 Å². The number of aromatic nitrogens is 1. The summed E-state index contributed by atoms with van der Waals surface area (Å²) >= 11 is 1.27. The monoisotopic (exact) mass is 370 g/mol. The normalized spacial score (nSPS) is 12.6. The van der Waals surface area contributed by atoms with E-state index in [0.717, 1.165) is 11.8 Å². The second kappa shape index (κ2) is 7.71. The van der Waals surface area contributed by atoms with E-state index in [9.17, 15) is 13.2 Å². The first kappa shape index (κ1) is 18.3.